The van der Waals surface area contributed by atoms with Crippen LogP contribution in [-0.2, 0) is 5.33 Å². The van der Waals surface area contributed by atoms with Gasteiger partial charge >= 0.3 is 0 Å². The zero-order valence-corrected chi connectivity index (χ0v) is 12.8. The predicted octanol–water partition coefficient (Wildman–Crippen LogP) is 5.04. The second-order valence-electron chi connectivity index (χ2n) is 3.74. The summed E-state index contributed by atoms with van der Waals surface area (Å²) in [6.07, 6.45) is 0. The van der Waals surface area contributed by atoms with E-state index in [0.717, 1.165) is 10.0 Å². The molecule has 19 heavy (non-hydrogen) atoms. The number of hydrogen-bond acceptors (Lipinski definition) is 3. The number of alkyl halides is 1. The summed E-state index contributed by atoms with van der Waals surface area (Å²) in [4.78, 5) is 10.1. The highest BCUT2D eigenvalue weighted by molar-refractivity contribution is 9.10. The van der Waals surface area contributed by atoms with E-state index in [9.17, 15) is 10.1 Å². The molecule has 0 saturated carbocycles. The molecule has 0 atom stereocenters. The van der Waals surface area contributed by atoms with Gasteiger partial charge in [-0.25, -0.2) is 0 Å². The molecule has 6 heteroatoms. The maximum absolute atomic E-state index is 10.6. The molecule has 0 aliphatic heterocycles. The van der Waals surface area contributed by atoms with Crippen molar-refractivity contribution in [1.29, 1.82) is 0 Å². The van der Waals surface area contributed by atoms with E-state index in [0.29, 0.717) is 16.8 Å². The van der Waals surface area contributed by atoms with E-state index in [2.05, 4.69) is 31.9 Å². The lowest BCUT2D eigenvalue weighted by Gasteiger charge is -2.10. The lowest BCUT2D eigenvalue weighted by Crippen LogP contribution is -1.91. The van der Waals surface area contributed by atoms with Gasteiger partial charge in [0.1, 0.15) is 11.5 Å². The first-order valence-electron chi connectivity index (χ1n) is 5.37. The highest BCUT2D eigenvalue weighted by Crippen LogP contribution is 2.30. The fourth-order valence-corrected chi connectivity index (χ4v) is 2.30. The van der Waals surface area contributed by atoms with E-state index >= 15 is 0 Å². The van der Waals surface area contributed by atoms with Crippen molar-refractivity contribution in [2.45, 2.75) is 5.33 Å². The monoisotopic (exact) mass is 385 g/mol. The van der Waals surface area contributed by atoms with Gasteiger partial charge in [-0.2, -0.15) is 0 Å². The highest BCUT2D eigenvalue weighted by atomic mass is 79.9. The molecule has 4 nitrogen and oxygen atoms in total. The molecule has 0 unspecified atom stereocenters. The Labute approximate surface area is 126 Å². The summed E-state index contributed by atoms with van der Waals surface area (Å²) in [7, 11) is 0. The van der Waals surface area contributed by atoms with Gasteiger partial charge in [0.15, 0.2) is 0 Å². The van der Waals surface area contributed by atoms with Crippen molar-refractivity contribution in [3.05, 3.63) is 62.6 Å². The quantitative estimate of drug-likeness (QED) is 0.420. The molecule has 0 saturated heterocycles. The first-order valence-corrected chi connectivity index (χ1v) is 7.28. The van der Waals surface area contributed by atoms with Crippen LogP contribution in [0, 0.1) is 10.1 Å². The molecular weight excluding hydrogens is 378 g/mol. The third-order valence-corrected chi connectivity index (χ3v) is 3.55. The number of non-ortho nitro benzene ring substituents is 1. The van der Waals surface area contributed by atoms with Crippen LogP contribution in [0.4, 0.5) is 5.69 Å². The molecule has 0 bridgehead atoms. The van der Waals surface area contributed by atoms with E-state index in [4.69, 9.17) is 4.74 Å². The molecule has 2 aromatic rings. The van der Waals surface area contributed by atoms with Crippen molar-refractivity contribution in [3.8, 4) is 11.5 Å². The number of nitrogens with zero attached hydrogens (tertiary/aromatic N) is 1. The van der Waals surface area contributed by atoms with Crippen molar-refractivity contribution < 1.29 is 9.66 Å². The zero-order valence-electron chi connectivity index (χ0n) is 9.68. The van der Waals surface area contributed by atoms with Crippen LogP contribution in [0.1, 0.15) is 5.56 Å². The summed E-state index contributed by atoms with van der Waals surface area (Å²) < 4.78 is 6.64. The number of hydrogen-bond donors (Lipinski definition) is 0. The Morgan fingerprint density at radius 3 is 2.42 bits per heavy atom. The maximum atomic E-state index is 10.6. The molecule has 0 aromatic heterocycles. The Morgan fingerprint density at radius 2 is 1.84 bits per heavy atom. The third kappa shape index (κ3) is 3.54. The van der Waals surface area contributed by atoms with Crippen LogP contribution in [0.15, 0.2) is 46.9 Å². The third-order valence-electron chi connectivity index (χ3n) is 2.45. The second kappa shape index (κ2) is 6.16. The van der Waals surface area contributed by atoms with E-state index in [-0.39, 0.29) is 5.69 Å². The number of rotatable bonds is 4. The fourth-order valence-electron chi connectivity index (χ4n) is 1.50. The average Bonchev–Trinajstić information content (AvgIpc) is 2.39. The number of halogens is 2. The van der Waals surface area contributed by atoms with Crippen molar-refractivity contribution in [2.75, 3.05) is 0 Å². The van der Waals surface area contributed by atoms with Crippen LogP contribution in [0.25, 0.3) is 0 Å². The van der Waals surface area contributed by atoms with Crippen molar-refractivity contribution in [1.82, 2.24) is 0 Å². The first kappa shape index (κ1) is 14.0. The summed E-state index contributed by atoms with van der Waals surface area (Å²) in [6.45, 7) is 0. The molecule has 0 N–H and O–H groups in total. The van der Waals surface area contributed by atoms with Crippen LogP contribution < -0.4 is 4.74 Å². The summed E-state index contributed by atoms with van der Waals surface area (Å²) >= 11 is 6.78. The molecule has 0 heterocycles. The first-order chi connectivity index (χ1) is 9.10. The number of benzene rings is 2. The minimum absolute atomic E-state index is 0.0438. The molecule has 0 fully saturated rings. The van der Waals surface area contributed by atoms with Crippen LogP contribution >= 0.6 is 31.9 Å². The highest BCUT2D eigenvalue weighted by Gasteiger charge is 2.08. The van der Waals surface area contributed by atoms with Gasteiger partial charge in [-0.15, -0.1) is 0 Å². The van der Waals surface area contributed by atoms with Gasteiger partial charge in [0.05, 0.1) is 4.92 Å². The summed E-state index contributed by atoms with van der Waals surface area (Å²) in [5, 5.41) is 11.2. The molecular formula is C13H9Br2NO3. The van der Waals surface area contributed by atoms with Crippen LogP contribution in [0.5, 0.6) is 11.5 Å². The van der Waals surface area contributed by atoms with Crippen LogP contribution in [-0.4, -0.2) is 4.92 Å². The predicted molar refractivity (Wildman–Crippen MR) is 79.9 cm³/mol. The normalized spacial score (nSPS) is 10.2. The molecule has 0 aliphatic rings. The van der Waals surface area contributed by atoms with E-state index in [1.807, 2.05) is 18.2 Å². The summed E-state index contributed by atoms with van der Waals surface area (Å²) in [5.41, 5.74) is 1.05. The maximum Gasteiger partial charge on any atom is 0.269 e. The molecule has 0 amide bonds. The van der Waals surface area contributed by atoms with Crippen LogP contribution in [0.3, 0.4) is 0 Å². The van der Waals surface area contributed by atoms with Crippen molar-refractivity contribution in [3.63, 3.8) is 0 Å². The SMILES string of the molecule is O=[N+]([O-])c1ccc(Oc2cc(Br)ccc2CBr)cc1. The van der Waals surface area contributed by atoms with Gasteiger partial charge < -0.3 is 4.74 Å². The Bertz CT molecular complexity index is 599. The van der Waals surface area contributed by atoms with E-state index in [1.165, 1.54) is 12.1 Å². The Balaban J connectivity index is 2.25. The summed E-state index contributed by atoms with van der Waals surface area (Å²) in [5.74, 6) is 1.27. The lowest BCUT2D eigenvalue weighted by atomic mass is 10.2. The molecule has 0 aliphatic carbocycles. The van der Waals surface area contributed by atoms with Gasteiger partial charge in [-0.1, -0.05) is 37.9 Å². The number of nitro benzene ring substituents is 1. The molecule has 0 radical (unpaired) electrons. The number of nitro groups is 1. The van der Waals surface area contributed by atoms with E-state index < -0.39 is 4.92 Å². The lowest BCUT2D eigenvalue weighted by molar-refractivity contribution is -0.384. The largest absolute Gasteiger partial charge is 0.457 e. The van der Waals surface area contributed by atoms with Crippen molar-refractivity contribution >= 4 is 37.5 Å². The zero-order chi connectivity index (χ0) is 13.8. The molecule has 0 spiro atoms. The topological polar surface area (TPSA) is 52.4 Å². The van der Waals surface area contributed by atoms with Crippen molar-refractivity contribution in [2.24, 2.45) is 0 Å². The Hall–Kier alpha value is -1.40. The Morgan fingerprint density at radius 1 is 1.16 bits per heavy atom. The molecule has 2 rings (SSSR count). The number of ether oxygens (including phenoxy) is 1. The standard InChI is InChI=1S/C13H9Br2NO3/c14-8-9-1-2-10(15)7-13(9)19-12-5-3-11(4-6-12)16(17)18/h1-7H,8H2. The fraction of sp³-hybridized carbons (Fsp3) is 0.0769. The van der Waals surface area contributed by atoms with E-state index in [1.54, 1.807) is 12.1 Å². The van der Waals surface area contributed by atoms with Gasteiger partial charge in [0, 0.05) is 27.5 Å². The van der Waals surface area contributed by atoms with Gasteiger partial charge in [0.2, 0.25) is 0 Å². The Kier molecular flexibility index (Phi) is 4.55. The minimum atomic E-state index is -0.438. The second-order valence-corrected chi connectivity index (χ2v) is 5.22. The van der Waals surface area contributed by atoms with Gasteiger partial charge in [-0.3, -0.25) is 10.1 Å². The smallest absolute Gasteiger partial charge is 0.269 e. The average molecular weight is 387 g/mol. The van der Waals surface area contributed by atoms with Gasteiger partial charge in [0.25, 0.3) is 5.69 Å². The van der Waals surface area contributed by atoms with Gasteiger partial charge in [-0.05, 0) is 24.3 Å². The summed E-state index contributed by atoms with van der Waals surface area (Å²) in [6, 6.07) is 11.7. The van der Waals surface area contributed by atoms with Crippen LogP contribution in [0.2, 0.25) is 0 Å². The molecule has 2 aromatic carbocycles. The minimum Gasteiger partial charge on any atom is -0.457 e. The molecule has 98 valence electrons.